The van der Waals surface area contributed by atoms with E-state index in [0.717, 1.165) is 29.1 Å². The van der Waals surface area contributed by atoms with Crippen molar-refractivity contribution in [1.29, 1.82) is 0 Å². The number of sulfonamides is 1. The number of nitrogens with one attached hydrogen (secondary N) is 1. The van der Waals surface area contributed by atoms with Crippen molar-refractivity contribution in [2.75, 3.05) is 23.1 Å². The van der Waals surface area contributed by atoms with Crippen LogP contribution in [0.4, 0.5) is 5.69 Å². The number of para-hydroxylation sites is 1. The summed E-state index contributed by atoms with van der Waals surface area (Å²) in [4.78, 5) is 16.8. The van der Waals surface area contributed by atoms with Crippen LogP contribution in [0.15, 0.2) is 60.0 Å². The fourth-order valence-corrected chi connectivity index (χ4v) is 5.79. The van der Waals surface area contributed by atoms with Crippen LogP contribution in [-0.4, -0.2) is 38.2 Å². The maximum absolute atomic E-state index is 12.7. The third kappa shape index (κ3) is 4.88. The summed E-state index contributed by atoms with van der Waals surface area (Å²) in [6, 6.07) is 17.6. The first-order valence-corrected chi connectivity index (χ1v) is 12.3. The van der Waals surface area contributed by atoms with Gasteiger partial charge >= 0.3 is 0 Å². The van der Waals surface area contributed by atoms with Gasteiger partial charge in [0.2, 0.25) is 15.9 Å². The molecule has 4 rings (SSSR count). The summed E-state index contributed by atoms with van der Waals surface area (Å²) in [5, 5.41) is 5.56. The molecule has 1 aliphatic rings. The molecule has 0 aliphatic carbocycles. The second-order valence-corrected chi connectivity index (χ2v) is 10.1. The smallest absolute Gasteiger partial charge is 0.236 e. The summed E-state index contributed by atoms with van der Waals surface area (Å²) in [6.45, 7) is 0.541. The molecule has 1 aromatic heterocycles. The number of carbonyl (C=O) groups excluding carboxylic acids is 1. The van der Waals surface area contributed by atoms with Gasteiger partial charge in [-0.05, 0) is 23.6 Å². The first kappa shape index (κ1) is 20.6. The van der Waals surface area contributed by atoms with E-state index >= 15 is 0 Å². The molecule has 0 fully saturated rings. The van der Waals surface area contributed by atoms with E-state index in [1.165, 1.54) is 21.2 Å². The molecular formula is C22H23N3O3S2. The highest BCUT2D eigenvalue weighted by Gasteiger charge is 2.28. The zero-order valence-corrected chi connectivity index (χ0v) is 18.1. The number of benzene rings is 2. The number of rotatable bonds is 8. The minimum Gasteiger partial charge on any atom is -0.355 e. The normalized spacial score (nSPS) is 13.3. The maximum atomic E-state index is 12.7. The Hall–Kier alpha value is -2.71. The molecule has 0 unspecified atom stereocenters. The zero-order chi connectivity index (χ0) is 21.0. The van der Waals surface area contributed by atoms with E-state index in [1.807, 2.05) is 60.0 Å². The second kappa shape index (κ2) is 8.97. The monoisotopic (exact) mass is 441 g/mol. The lowest BCUT2D eigenvalue weighted by atomic mass is 10.2. The van der Waals surface area contributed by atoms with E-state index in [0.29, 0.717) is 12.2 Å². The van der Waals surface area contributed by atoms with Crippen LogP contribution < -0.4 is 9.62 Å². The molecule has 6 nitrogen and oxygen atoms in total. The number of aromatic nitrogens is 1. The molecule has 2 aromatic carbocycles. The maximum Gasteiger partial charge on any atom is 0.236 e. The van der Waals surface area contributed by atoms with Gasteiger partial charge in [-0.2, -0.15) is 0 Å². The molecule has 1 aliphatic heterocycles. The number of carbonyl (C=O) groups is 1. The molecule has 0 saturated heterocycles. The van der Waals surface area contributed by atoms with E-state index in [1.54, 1.807) is 0 Å². The van der Waals surface area contributed by atoms with E-state index < -0.39 is 10.0 Å². The summed E-state index contributed by atoms with van der Waals surface area (Å²) in [7, 11) is -3.47. The third-order valence-electron chi connectivity index (χ3n) is 5.00. The number of thiazole rings is 1. The van der Waals surface area contributed by atoms with Gasteiger partial charge in [-0.3, -0.25) is 9.10 Å². The molecule has 1 amide bonds. The molecule has 1 N–H and O–H groups in total. The van der Waals surface area contributed by atoms with Crippen LogP contribution in [-0.2, 0) is 34.1 Å². The van der Waals surface area contributed by atoms with Gasteiger partial charge in [0.1, 0.15) is 0 Å². The summed E-state index contributed by atoms with van der Waals surface area (Å²) in [6.07, 6.45) is 1.61. The topological polar surface area (TPSA) is 79.4 Å². The lowest BCUT2D eigenvalue weighted by molar-refractivity contribution is -0.120. The van der Waals surface area contributed by atoms with Crippen LogP contribution in [0.2, 0.25) is 0 Å². The summed E-state index contributed by atoms with van der Waals surface area (Å²) in [5.74, 6) is -0.341. The van der Waals surface area contributed by atoms with Crippen molar-refractivity contribution in [3.63, 3.8) is 0 Å². The molecule has 0 spiro atoms. The standard InChI is InChI=1S/C22H23N3O3S2/c26-21(15-19-16-29-22(24-19)14-17-6-2-1-3-7-17)23-11-13-30(27,28)25-12-10-18-8-4-5-9-20(18)25/h1-9,16H,10-15H2,(H,23,26). The Morgan fingerprint density at radius 3 is 2.70 bits per heavy atom. The average Bonchev–Trinajstić information content (AvgIpc) is 3.36. The van der Waals surface area contributed by atoms with Crippen molar-refractivity contribution in [2.24, 2.45) is 0 Å². The van der Waals surface area contributed by atoms with E-state index in [9.17, 15) is 13.2 Å². The first-order valence-electron chi connectivity index (χ1n) is 9.83. The molecule has 0 bridgehead atoms. The van der Waals surface area contributed by atoms with Crippen molar-refractivity contribution in [1.82, 2.24) is 10.3 Å². The molecule has 0 radical (unpaired) electrons. The highest BCUT2D eigenvalue weighted by Crippen LogP contribution is 2.29. The molecule has 0 atom stereocenters. The Morgan fingerprint density at radius 2 is 1.87 bits per heavy atom. The van der Waals surface area contributed by atoms with Gasteiger partial charge in [0, 0.05) is 24.9 Å². The van der Waals surface area contributed by atoms with Crippen molar-refractivity contribution in [3.8, 4) is 0 Å². The van der Waals surface area contributed by atoms with Crippen LogP contribution in [0.1, 0.15) is 21.8 Å². The van der Waals surface area contributed by atoms with Crippen molar-refractivity contribution < 1.29 is 13.2 Å². The SMILES string of the molecule is O=C(Cc1csc(Cc2ccccc2)n1)NCCS(=O)(=O)N1CCc2ccccc21. The van der Waals surface area contributed by atoms with Crippen molar-refractivity contribution >= 4 is 33.0 Å². The lowest BCUT2D eigenvalue weighted by Crippen LogP contribution is -2.37. The zero-order valence-electron chi connectivity index (χ0n) is 16.5. The Balaban J connectivity index is 1.26. The van der Waals surface area contributed by atoms with E-state index in [-0.39, 0.29) is 24.6 Å². The highest BCUT2D eigenvalue weighted by molar-refractivity contribution is 7.92. The second-order valence-electron chi connectivity index (χ2n) is 7.19. The van der Waals surface area contributed by atoms with E-state index in [4.69, 9.17) is 0 Å². The molecular weight excluding hydrogens is 418 g/mol. The van der Waals surface area contributed by atoms with Crippen LogP contribution >= 0.6 is 11.3 Å². The fraction of sp³-hybridized carbons (Fsp3) is 0.273. The van der Waals surface area contributed by atoms with Crippen LogP contribution in [0.5, 0.6) is 0 Å². The number of nitrogens with zero attached hydrogens (tertiary/aromatic N) is 2. The van der Waals surface area contributed by atoms with Gasteiger partial charge in [0.05, 0.1) is 28.6 Å². The van der Waals surface area contributed by atoms with Gasteiger partial charge in [-0.15, -0.1) is 11.3 Å². The predicted molar refractivity (Wildman–Crippen MR) is 119 cm³/mol. The molecule has 8 heteroatoms. The Bertz CT molecular complexity index is 1130. The van der Waals surface area contributed by atoms with Crippen LogP contribution in [0, 0.1) is 0 Å². The van der Waals surface area contributed by atoms with Gasteiger partial charge in [0.15, 0.2) is 0 Å². The first-order chi connectivity index (χ1) is 14.5. The van der Waals surface area contributed by atoms with Gasteiger partial charge < -0.3 is 5.32 Å². The molecule has 30 heavy (non-hydrogen) atoms. The summed E-state index contributed by atoms with van der Waals surface area (Å²) >= 11 is 1.53. The third-order valence-corrected chi connectivity index (χ3v) is 7.67. The van der Waals surface area contributed by atoms with Crippen LogP contribution in [0.25, 0.3) is 0 Å². The lowest BCUT2D eigenvalue weighted by Gasteiger charge is -2.19. The summed E-state index contributed by atoms with van der Waals surface area (Å²) < 4.78 is 26.8. The average molecular weight is 442 g/mol. The molecule has 2 heterocycles. The Labute approximate surface area is 180 Å². The van der Waals surface area contributed by atoms with Crippen molar-refractivity contribution in [2.45, 2.75) is 19.3 Å². The largest absolute Gasteiger partial charge is 0.355 e. The van der Waals surface area contributed by atoms with Crippen molar-refractivity contribution in [3.05, 3.63) is 81.8 Å². The van der Waals surface area contributed by atoms with Gasteiger partial charge in [0.25, 0.3) is 0 Å². The number of hydrogen-bond acceptors (Lipinski definition) is 5. The number of amides is 1. The van der Waals surface area contributed by atoms with Crippen LogP contribution in [0.3, 0.4) is 0 Å². The number of hydrogen-bond donors (Lipinski definition) is 1. The Kier molecular flexibility index (Phi) is 6.15. The predicted octanol–water partition coefficient (Wildman–Crippen LogP) is 2.79. The minimum absolute atomic E-state index is 0.0842. The van der Waals surface area contributed by atoms with Gasteiger partial charge in [-0.25, -0.2) is 13.4 Å². The molecule has 3 aromatic rings. The fourth-order valence-electron chi connectivity index (χ4n) is 3.54. The highest BCUT2D eigenvalue weighted by atomic mass is 32.2. The Morgan fingerprint density at radius 1 is 1.10 bits per heavy atom. The molecule has 156 valence electrons. The summed E-state index contributed by atoms with van der Waals surface area (Å²) in [5.41, 5.74) is 3.67. The minimum atomic E-state index is -3.47. The quantitative estimate of drug-likeness (QED) is 0.583. The number of fused-ring (bicyclic) bond motifs is 1. The molecule has 0 saturated carbocycles. The number of anilines is 1. The van der Waals surface area contributed by atoms with E-state index in [2.05, 4.69) is 10.3 Å². The van der Waals surface area contributed by atoms with Gasteiger partial charge in [-0.1, -0.05) is 48.5 Å².